The zero-order chi connectivity index (χ0) is 10.6. The number of hydrogen-bond acceptors (Lipinski definition) is 3. The van der Waals surface area contributed by atoms with Gasteiger partial charge in [0, 0.05) is 11.3 Å². The zero-order valence-corrected chi connectivity index (χ0v) is 9.74. The molecule has 0 aliphatic heterocycles. The Labute approximate surface area is 89.8 Å². The lowest BCUT2D eigenvalue weighted by Crippen LogP contribution is -2.20. The van der Waals surface area contributed by atoms with Crippen molar-refractivity contribution >= 4 is 11.3 Å². The van der Waals surface area contributed by atoms with Gasteiger partial charge < -0.3 is 5.32 Å². The van der Waals surface area contributed by atoms with Crippen LogP contribution < -0.4 is 5.32 Å². The first-order valence-corrected chi connectivity index (χ1v) is 5.61. The van der Waals surface area contributed by atoms with Crippen LogP contribution in [0.4, 0.5) is 0 Å². The summed E-state index contributed by atoms with van der Waals surface area (Å²) in [5.74, 6) is 2.70. The van der Waals surface area contributed by atoms with Gasteiger partial charge in [0.1, 0.15) is 0 Å². The predicted octanol–water partition coefficient (Wildman–Crippen LogP) is 2.43. The molecule has 1 atom stereocenters. The standard InChI is InChI=1S/C11H16N2S/c1-5-7-10(12-6-2)11-8(3)13-9(4)14-11/h1,10,12H,6-7H2,2-4H3. The number of hydrogen-bond donors (Lipinski definition) is 1. The van der Waals surface area contributed by atoms with E-state index < -0.39 is 0 Å². The number of nitrogens with zero attached hydrogens (tertiary/aromatic N) is 1. The molecule has 1 unspecified atom stereocenters. The Balaban J connectivity index is 2.87. The molecular formula is C11H16N2S. The Kier molecular flexibility index (Phi) is 4.12. The van der Waals surface area contributed by atoms with E-state index in [9.17, 15) is 0 Å². The monoisotopic (exact) mass is 208 g/mol. The maximum absolute atomic E-state index is 5.35. The second-order valence-electron chi connectivity index (χ2n) is 3.20. The average Bonchev–Trinajstić information content (AvgIpc) is 2.45. The van der Waals surface area contributed by atoms with Gasteiger partial charge in [-0.15, -0.1) is 23.7 Å². The molecule has 1 aromatic heterocycles. The Morgan fingerprint density at radius 3 is 2.71 bits per heavy atom. The van der Waals surface area contributed by atoms with Crippen molar-refractivity contribution < 1.29 is 0 Å². The Bertz CT molecular complexity index is 336. The van der Waals surface area contributed by atoms with E-state index in [0.29, 0.717) is 0 Å². The van der Waals surface area contributed by atoms with Gasteiger partial charge in [-0.1, -0.05) is 6.92 Å². The second-order valence-corrected chi connectivity index (χ2v) is 4.44. The van der Waals surface area contributed by atoms with E-state index in [1.807, 2.05) is 13.8 Å². The molecule has 0 fully saturated rings. The van der Waals surface area contributed by atoms with Gasteiger partial charge in [-0.05, 0) is 20.4 Å². The summed E-state index contributed by atoms with van der Waals surface area (Å²) in [5.41, 5.74) is 1.11. The molecule has 0 aromatic carbocycles. The van der Waals surface area contributed by atoms with Gasteiger partial charge in [0.2, 0.25) is 0 Å². The highest BCUT2D eigenvalue weighted by Gasteiger charge is 2.15. The van der Waals surface area contributed by atoms with Gasteiger partial charge in [0.15, 0.2) is 0 Å². The van der Waals surface area contributed by atoms with E-state index in [0.717, 1.165) is 23.7 Å². The van der Waals surface area contributed by atoms with Crippen molar-refractivity contribution in [3.05, 3.63) is 15.6 Å². The quantitative estimate of drug-likeness (QED) is 0.769. The highest BCUT2D eigenvalue weighted by molar-refractivity contribution is 7.11. The first-order valence-electron chi connectivity index (χ1n) is 4.79. The number of aromatic nitrogens is 1. The van der Waals surface area contributed by atoms with Crippen molar-refractivity contribution in [2.45, 2.75) is 33.2 Å². The van der Waals surface area contributed by atoms with Crippen LogP contribution in [0.2, 0.25) is 0 Å². The van der Waals surface area contributed by atoms with Crippen LogP contribution in [-0.4, -0.2) is 11.5 Å². The van der Waals surface area contributed by atoms with Gasteiger partial charge in [0.25, 0.3) is 0 Å². The number of thiazole rings is 1. The minimum Gasteiger partial charge on any atom is -0.309 e. The Morgan fingerprint density at radius 2 is 2.29 bits per heavy atom. The molecule has 0 saturated heterocycles. The van der Waals surface area contributed by atoms with E-state index in [2.05, 4.69) is 23.1 Å². The first kappa shape index (κ1) is 11.2. The van der Waals surface area contributed by atoms with Crippen molar-refractivity contribution in [1.82, 2.24) is 10.3 Å². The molecule has 0 saturated carbocycles. The molecule has 2 nitrogen and oxygen atoms in total. The van der Waals surface area contributed by atoms with Crippen LogP contribution in [0.25, 0.3) is 0 Å². The van der Waals surface area contributed by atoms with Crippen molar-refractivity contribution in [2.75, 3.05) is 6.54 Å². The van der Waals surface area contributed by atoms with E-state index in [-0.39, 0.29) is 6.04 Å². The van der Waals surface area contributed by atoms with Crippen LogP contribution in [-0.2, 0) is 0 Å². The molecular weight excluding hydrogens is 192 g/mol. The molecule has 3 heteroatoms. The van der Waals surface area contributed by atoms with Crippen LogP contribution in [0.15, 0.2) is 0 Å². The van der Waals surface area contributed by atoms with Crippen molar-refractivity contribution in [3.63, 3.8) is 0 Å². The van der Waals surface area contributed by atoms with Crippen molar-refractivity contribution in [3.8, 4) is 12.3 Å². The van der Waals surface area contributed by atoms with Gasteiger partial charge in [-0.2, -0.15) is 0 Å². The largest absolute Gasteiger partial charge is 0.309 e. The van der Waals surface area contributed by atoms with Crippen LogP contribution in [0, 0.1) is 26.2 Å². The minimum absolute atomic E-state index is 0.274. The lowest BCUT2D eigenvalue weighted by Gasteiger charge is -2.13. The van der Waals surface area contributed by atoms with E-state index >= 15 is 0 Å². The maximum atomic E-state index is 5.35. The van der Waals surface area contributed by atoms with E-state index in [4.69, 9.17) is 6.42 Å². The van der Waals surface area contributed by atoms with Gasteiger partial charge in [-0.3, -0.25) is 0 Å². The molecule has 0 bridgehead atoms. The third kappa shape index (κ3) is 2.57. The third-order valence-electron chi connectivity index (χ3n) is 2.03. The smallest absolute Gasteiger partial charge is 0.0900 e. The summed E-state index contributed by atoms with van der Waals surface area (Å²) in [6, 6.07) is 0.274. The normalized spacial score (nSPS) is 12.4. The Morgan fingerprint density at radius 1 is 1.57 bits per heavy atom. The first-order chi connectivity index (χ1) is 6.69. The number of terminal acetylenes is 1. The highest BCUT2D eigenvalue weighted by atomic mass is 32.1. The lowest BCUT2D eigenvalue weighted by atomic mass is 10.1. The SMILES string of the molecule is C#CCC(NCC)c1sc(C)nc1C. The molecule has 76 valence electrons. The molecule has 1 N–H and O–H groups in total. The predicted molar refractivity (Wildman–Crippen MR) is 61.5 cm³/mol. The molecule has 1 heterocycles. The number of nitrogens with one attached hydrogen (secondary N) is 1. The van der Waals surface area contributed by atoms with Crippen LogP contribution in [0.1, 0.15) is 35.0 Å². The highest BCUT2D eigenvalue weighted by Crippen LogP contribution is 2.26. The molecule has 0 amide bonds. The summed E-state index contributed by atoms with van der Waals surface area (Å²) in [6.07, 6.45) is 6.08. The Hall–Kier alpha value is -0.850. The summed E-state index contributed by atoms with van der Waals surface area (Å²) in [7, 11) is 0. The molecule has 1 rings (SSSR count). The summed E-state index contributed by atoms with van der Waals surface area (Å²) >= 11 is 1.73. The summed E-state index contributed by atoms with van der Waals surface area (Å²) in [5, 5.41) is 4.49. The van der Waals surface area contributed by atoms with Crippen LogP contribution >= 0.6 is 11.3 Å². The molecule has 1 aromatic rings. The molecule has 0 aliphatic rings. The average molecular weight is 208 g/mol. The topological polar surface area (TPSA) is 24.9 Å². The number of rotatable bonds is 4. The fourth-order valence-electron chi connectivity index (χ4n) is 1.49. The van der Waals surface area contributed by atoms with Gasteiger partial charge in [-0.25, -0.2) is 4.98 Å². The molecule has 0 aliphatic carbocycles. The minimum atomic E-state index is 0.274. The number of aryl methyl sites for hydroxylation is 2. The van der Waals surface area contributed by atoms with Crippen LogP contribution in [0.3, 0.4) is 0 Å². The van der Waals surface area contributed by atoms with E-state index in [1.165, 1.54) is 4.88 Å². The fraction of sp³-hybridized carbons (Fsp3) is 0.545. The van der Waals surface area contributed by atoms with Crippen molar-refractivity contribution in [1.29, 1.82) is 0 Å². The van der Waals surface area contributed by atoms with Gasteiger partial charge in [0.05, 0.1) is 16.7 Å². The lowest BCUT2D eigenvalue weighted by molar-refractivity contribution is 0.570. The molecule has 0 spiro atoms. The van der Waals surface area contributed by atoms with Crippen molar-refractivity contribution in [2.24, 2.45) is 0 Å². The molecule has 14 heavy (non-hydrogen) atoms. The third-order valence-corrected chi connectivity index (χ3v) is 3.21. The zero-order valence-electron chi connectivity index (χ0n) is 8.92. The fourth-order valence-corrected chi connectivity index (χ4v) is 2.50. The second kappa shape index (κ2) is 5.14. The maximum Gasteiger partial charge on any atom is 0.0900 e. The summed E-state index contributed by atoms with van der Waals surface area (Å²) in [4.78, 5) is 5.69. The van der Waals surface area contributed by atoms with Crippen LogP contribution in [0.5, 0.6) is 0 Å². The van der Waals surface area contributed by atoms with Gasteiger partial charge >= 0.3 is 0 Å². The summed E-state index contributed by atoms with van der Waals surface area (Å²) < 4.78 is 0. The van der Waals surface area contributed by atoms with E-state index in [1.54, 1.807) is 11.3 Å². The summed E-state index contributed by atoms with van der Waals surface area (Å²) in [6.45, 7) is 7.09. The molecule has 0 radical (unpaired) electrons.